The van der Waals surface area contributed by atoms with Crippen molar-refractivity contribution < 1.29 is 9.32 Å². The number of nitrogens with one attached hydrogen (secondary N) is 1. The molecule has 9 heteroatoms. The quantitative estimate of drug-likeness (QED) is 0.467. The first-order chi connectivity index (χ1) is 14.9. The number of fused-ring (bicyclic) bond motifs is 1. The third-order valence-corrected chi connectivity index (χ3v) is 5.55. The van der Waals surface area contributed by atoms with Crippen molar-refractivity contribution >= 4 is 17.4 Å². The molecule has 1 amide bonds. The van der Waals surface area contributed by atoms with Gasteiger partial charge < -0.3 is 9.84 Å². The molecule has 0 atom stereocenters. The van der Waals surface area contributed by atoms with Crippen molar-refractivity contribution in [3.63, 3.8) is 0 Å². The van der Waals surface area contributed by atoms with E-state index in [0.717, 1.165) is 35.2 Å². The van der Waals surface area contributed by atoms with Crippen LogP contribution in [0.5, 0.6) is 0 Å². The Bertz CT molecular complexity index is 1190. The van der Waals surface area contributed by atoms with Crippen LogP contribution in [0.3, 0.4) is 0 Å². The zero-order valence-corrected chi connectivity index (χ0v) is 17.5. The lowest BCUT2D eigenvalue weighted by atomic mass is 9.96. The molecule has 1 aliphatic heterocycles. The topological polar surface area (TPSA) is 113 Å². The Labute approximate surface area is 178 Å². The summed E-state index contributed by atoms with van der Waals surface area (Å²) in [4.78, 5) is 31.8. The molecule has 1 N–H and O–H groups in total. The van der Waals surface area contributed by atoms with E-state index >= 15 is 0 Å². The van der Waals surface area contributed by atoms with E-state index in [1.807, 2.05) is 39.0 Å². The maximum absolute atomic E-state index is 12.5. The molecule has 0 radical (unpaired) electrons. The normalized spacial score (nSPS) is 14.9. The van der Waals surface area contributed by atoms with Gasteiger partial charge in [-0.2, -0.15) is 9.99 Å². The van der Waals surface area contributed by atoms with Crippen LogP contribution in [-0.4, -0.2) is 21.0 Å². The van der Waals surface area contributed by atoms with E-state index in [1.54, 1.807) is 6.20 Å². The molecule has 2 aromatic heterocycles. The SMILES string of the molecule is CC(C)(C)c1noc(C(=O)NCc2ccc(-c3ccnc4c3N4N=O)cc2C2CC2)n1. The van der Waals surface area contributed by atoms with Crippen LogP contribution in [0.4, 0.5) is 11.5 Å². The first-order valence-electron chi connectivity index (χ1n) is 10.2. The van der Waals surface area contributed by atoms with Gasteiger partial charge in [0, 0.05) is 23.7 Å². The van der Waals surface area contributed by atoms with E-state index in [9.17, 15) is 9.70 Å². The van der Waals surface area contributed by atoms with Crippen LogP contribution >= 0.6 is 0 Å². The van der Waals surface area contributed by atoms with E-state index in [0.29, 0.717) is 24.1 Å². The number of benzene rings is 1. The summed E-state index contributed by atoms with van der Waals surface area (Å²) in [6, 6.07) is 8.04. The molecule has 1 aromatic carbocycles. The van der Waals surface area contributed by atoms with Gasteiger partial charge in [-0.25, -0.2) is 4.98 Å². The zero-order valence-electron chi connectivity index (χ0n) is 17.5. The minimum absolute atomic E-state index is 0.0316. The molecule has 5 rings (SSSR count). The highest BCUT2D eigenvalue weighted by Crippen LogP contribution is 2.53. The highest BCUT2D eigenvalue weighted by molar-refractivity contribution is 6.00. The predicted molar refractivity (Wildman–Crippen MR) is 114 cm³/mol. The average Bonchev–Trinajstić information content (AvgIpc) is 3.66. The summed E-state index contributed by atoms with van der Waals surface area (Å²) >= 11 is 0. The lowest BCUT2D eigenvalue weighted by Crippen LogP contribution is -2.24. The third-order valence-electron chi connectivity index (χ3n) is 5.55. The predicted octanol–water partition coefficient (Wildman–Crippen LogP) is 4.37. The molecular formula is C22H22N6O3. The smallest absolute Gasteiger partial charge is 0.315 e. The van der Waals surface area contributed by atoms with Crippen LogP contribution in [0.1, 0.15) is 67.2 Å². The summed E-state index contributed by atoms with van der Waals surface area (Å²) in [6.07, 6.45) is 3.93. The van der Waals surface area contributed by atoms with E-state index < -0.39 is 0 Å². The molecule has 0 saturated heterocycles. The standard InChI is InChI=1S/C22H22N6O3/c1-22(2,3)21-25-20(31-26-21)19(29)24-11-14-7-6-13(10-16(14)12-4-5-12)15-8-9-23-18-17(15)28(18)27-30/h6-10,12H,4-5,11H2,1-3H3,(H,24,29). The van der Waals surface area contributed by atoms with Gasteiger partial charge in [0.05, 0.1) is 5.29 Å². The Morgan fingerprint density at radius 1 is 1.29 bits per heavy atom. The fraction of sp³-hybridized carbons (Fsp3) is 0.364. The minimum Gasteiger partial charge on any atom is -0.344 e. The fourth-order valence-corrected chi connectivity index (χ4v) is 3.64. The van der Waals surface area contributed by atoms with Gasteiger partial charge in [-0.15, -0.1) is 4.91 Å². The van der Waals surface area contributed by atoms with E-state index in [-0.39, 0.29) is 17.2 Å². The molecule has 9 nitrogen and oxygen atoms in total. The number of amides is 1. The largest absolute Gasteiger partial charge is 0.344 e. The van der Waals surface area contributed by atoms with Gasteiger partial charge in [0.15, 0.2) is 11.6 Å². The van der Waals surface area contributed by atoms with Crippen molar-refractivity contribution in [1.29, 1.82) is 0 Å². The Morgan fingerprint density at radius 3 is 2.77 bits per heavy atom. The summed E-state index contributed by atoms with van der Waals surface area (Å²) in [7, 11) is 0. The lowest BCUT2D eigenvalue weighted by Gasteiger charge is -2.12. The van der Waals surface area contributed by atoms with Crippen LogP contribution in [0.2, 0.25) is 0 Å². The average molecular weight is 418 g/mol. The molecule has 2 aliphatic rings. The second kappa shape index (κ2) is 6.97. The molecule has 1 fully saturated rings. The molecular weight excluding hydrogens is 396 g/mol. The number of rotatable bonds is 6. The molecule has 3 heterocycles. The number of nitroso groups, excluding NO2 is 1. The number of anilines is 2. The maximum Gasteiger partial charge on any atom is 0.315 e. The Kier molecular flexibility index (Phi) is 4.35. The molecule has 1 saturated carbocycles. The third kappa shape index (κ3) is 3.56. The fourth-order valence-electron chi connectivity index (χ4n) is 3.64. The Balaban J connectivity index is 1.36. The van der Waals surface area contributed by atoms with Gasteiger partial charge in [-0.3, -0.25) is 4.79 Å². The first kappa shape index (κ1) is 19.3. The Morgan fingerprint density at radius 2 is 2.10 bits per heavy atom. The van der Waals surface area contributed by atoms with E-state index in [4.69, 9.17) is 4.52 Å². The highest BCUT2D eigenvalue weighted by Gasteiger charge is 2.37. The second-order valence-electron chi connectivity index (χ2n) is 8.97. The molecule has 0 bridgehead atoms. The molecule has 158 valence electrons. The summed E-state index contributed by atoms with van der Waals surface area (Å²) in [5, 5.41) is 11.1. The first-order valence-corrected chi connectivity index (χ1v) is 10.2. The van der Waals surface area contributed by atoms with Crippen molar-refractivity contribution in [2.45, 2.75) is 51.5 Å². The van der Waals surface area contributed by atoms with E-state index in [2.05, 4.69) is 31.8 Å². The van der Waals surface area contributed by atoms with Crippen LogP contribution in [0, 0.1) is 4.91 Å². The molecule has 3 aromatic rings. The van der Waals surface area contributed by atoms with Crippen LogP contribution in [0.15, 0.2) is 40.3 Å². The summed E-state index contributed by atoms with van der Waals surface area (Å²) in [5.74, 6) is 1.16. The number of hydrogen-bond donors (Lipinski definition) is 1. The van der Waals surface area contributed by atoms with Gasteiger partial charge >= 0.3 is 11.8 Å². The minimum atomic E-state index is -0.388. The zero-order chi connectivity index (χ0) is 21.8. The molecule has 31 heavy (non-hydrogen) atoms. The van der Waals surface area contributed by atoms with Crippen molar-refractivity contribution in [2.75, 3.05) is 5.01 Å². The van der Waals surface area contributed by atoms with Gasteiger partial charge in [0.25, 0.3) is 0 Å². The summed E-state index contributed by atoms with van der Waals surface area (Å²) < 4.78 is 5.13. The number of carbonyl (C=O) groups excluding carboxylic acids is 1. The maximum atomic E-state index is 12.5. The van der Waals surface area contributed by atoms with Crippen LogP contribution in [-0.2, 0) is 12.0 Å². The number of aromatic nitrogens is 3. The van der Waals surface area contributed by atoms with Crippen LogP contribution < -0.4 is 10.3 Å². The summed E-state index contributed by atoms with van der Waals surface area (Å²) in [6.45, 7) is 6.25. The number of pyridine rings is 1. The Hall–Kier alpha value is -3.62. The van der Waals surface area contributed by atoms with Crippen molar-refractivity contribution in [3.05, 3.63) is 58.2 Å². The number of hydrogen-bond acceptors (Lipinski definition) is 7. The van der Waals surface area contributed by atoms with Crippen molar-refractivity contribution in [3.8, 4) is 11.1 Å². The lowest BCUT2D eigenvalue weighted by molar-refractivity contribution is 0.0907. The summed E-state index contributed by atoms with van der Waals surface area (Å²) in [5.41, 5.74) is 4.66. The number of carbonyl (C=O) groups is 1. The van der Waals surface area contributed by atoms with Gasteiger partial charge in [0.1, 0.15) is 5.69 Å². The second-order valence-corrected chi connectivity index (χ2v) is 8.97. The molecule has 0 unspecified atom stereocenters. The van der Waals surface area contributed by atoms with E-state index in [1.165, 1.54) is 10.6 Å². The van der Waals surface area contributed by atoms with Gasteiger partial charge in [0.2, 0.25) is 0 Å². The van der Waals surface area contributed by atoms with Gasteiger partial charge in [-0.05, 0) is 41.5 Å². The molecule has 1 aliphatic carbocycles. The monoisotopic (exact) mass is 418 g/mol. The highest BCUT2D eigenvalue weighted by atomic mass is 16.5. The van der Waals surface area contributed by atoms with Crippen LogP contribution in [0.25, 0.3) is 11.1 Å². The van der Waals surface area contributed by atoms with Crippen molar-refractivity contribution in [2.24, 2.45) is 5.29 Å². The van der Waals surface area contributed by atoms with Gasteiger partial charge in [-0.1, -0.05) is 44.1 Å². The molecule has 0 spiro atoms. The van der Waals surface area contributed by atoms with Crippen molar-refractivity contribution in [1.82, 2.24) is 20.4 Å². The number of nitrogens with zero attached hydrogens (tertiary/aromatic N) is 5.